The van der Waals surface area contributed by atoms with E-state index in [-0.39, 0.29) is 12.4 Å². The fourth-order valence-electron chi connectivity index (χ4n) is 3.43. The molecule has 134 valence electrons. The fourth-order valence-corrected chi connectivity index (χ4v) is 7.57. The maximum absolute atomic E-state index is 4.42. The van der Waals surface area contributed by atoms with Crippen molar-refractivity contribution >= 4 is 35.6 Å². The summed E-state index contributed by atoms with van der Waals surface area (Å²) in [6.07, 6.45) is 2.59. The third-order valence-corrected chi connectivity index (χ3v) is 8.95. The Hall–Kier alpha value is -2.54. The molecule has 0 spiro atoms. The molecular weight excluding hydrogens is 371 g/mol. The van der Waals surface area contributed by atoms with E-state index in [1.165, 1.54) is 15.9 Å². The molecule has 3 aromatic carbocycles. The smallest absolute Gasteiger partial charge is 0.118 e. The SMILES string of the molecule is Cl.c1ccc([P+](Cc2cccnn2)(c2ccccc2)c2ccccc2)cc1. The Morgan fingerprint density at radius 3 is 1.37 bits per heavy atom. The number of aromatic nitrogens is 2. The largest absolute Gasteiger partial charge is 0.159 e. The fraction of sp³-hybridized carbons (Fsp3) is 0.0435. The lowest BCUT2D eigenvalue weighted by molar-refractivity contribution is 0.968. The number of hydrogen-bond acceptors (Lipinski definition) is 2. The first-order valence-corrected chi connectivity index (χ1v) is 10.7. The first-order chi connectivity index (χ1) is 12.9. The highest BCUT2D eigenvalue weighted by atomic mass is 35.5. The lowest BCUT2D eigenvalue weighted by atomic mass is 10.3. The molecule has 0 aliphatic rings. The highest BCUT2D eigenvalue weighted by Gasteiger charge is 2.45. The molecule has 0 N–H and O–H groups in total. The molecule has 0 saturated carbocycles. The van der Waals surface area contributed by atoms with Gasteiger partial charge in [0.25, 0.3) is 0 Å². The molecule has 0 atom stereocenters. The van der Waals surface area contributed by atoms with Crippen LogP contribution >= 0.6 is 19.7 Å². The monoisotopic (exact) mass is 391 g/mol. The van der Waals surface area contributed by atoms with Gasteiger partial charge in [0.2, 0.25) is 0 Å². The summed E-state index contributed by atoms with van der Waals surface area (Å²) in [6.45, 7) is 0. The van der Waals surface area contributed by atoms with Gasteiger partial charge in [0.1, 0.15) is 35.0 Å². The highest BCUT2D eigenvalue weighted by Crippen LogP contribution is 2.57. The Morgan fingerprint density at radius 1 is 0.556 bits per heavy atom. The van der Waals surface area contributed by atoms with Gasteiger partial charge in [-0.15, -0.1) is 12.4 Å². The van der Waals surface area contributed by atoms with Crippen LogP contribution in [0.1, 0.15) is 5.69 Å². The molecule has 0 saturated heterocycles. The third-order valence-electron chi connectivity index (χ3n) is 4.62. The van der Waals surface area contributed by atoms with Gasteiger partial charge in [-0.05, 0) is 48.5 Å². The molecule has 4 heteroatoms. The van der Waals surface area contributed by atoms with Crippen LogP contribution in [0.5, 0.6) is 0 Å². The first-order valence-electron chi connectivity index (χ1n) is 8.71. The molecule has 27 heavy (non-hydrogen) atoms. The molecule has 0 radical (unpaired) electrons. The van der Waals surface area contributed by atoms with Crippen LogP contribution in [0.15, 0.2) is 109 Å². The molecule has 4 rings (SSSR count). The van der Waals surface area contributed by atoms with E-state index in [1.807, 2.05) is 6.07 Å². The lowest BCUT2D eigenvalue weighted by Crippen LogP contribution is -2.32. The van der Waals surface area contributed by atoms with Crippen LogP contribution < -0.4 is 15.9 Å². The van der Waals surface area contributed by atoms with Crippen LogP contribution in [-0.2, 0) is 6.16 Å². The van der Waals surface area contributed by atoms with Crippen molar-refractivity contribution in [2.75, 3.05) is 0 Å². The predicted octanol–water partition coefficient (Wildman–Crippen LogP) is 4.39. The van der Waals surface area contributed by atoms with Gasteiger partial charge in [-0.2, -0.15) is 10.2 Å². The predicted molar refractivity (Wildman–Crippen MR) is 118 cm³/mol. The van der Waals surface area contributed by atoms with Crippen molar-refractivity contribution < 1.29 is 0 Å². The van der Waals surface area contributed by atoms with E-state index in [0.29, 0.717) is 0 Å². The third kappa shape index (κ3) is 3.93. The van der Waals surface area contributed by atoms with Gasteiger partial charge >= 0.3 is 0 Å². The summed E-state index contributed by atoms with van der Waals surface area (Å²) in [4.78, 5) is 0. The Kier molecular flexibility index (Phi) is 6.34. The summed E-state index contributed by atoms with van der Waals surface area (Å²) in [5.74, 6) is 0. The van der Waals surface area contributed by atoms with Crippen molar-refractivity contribution in [3.63, 3.8) is 0 Å². The van der Waals surface area contributed by atoms with Crippen molar-refractivity contribution in [2.24, 2.45) is 0 Å². The average molecular weight is 392 g/mol. The van der Waals surface area contributed by atoms with Gasteiger partial charge in [0, 0.05) is 6.20 Å². The molecule has 1 heterocycles. The van der Waals surface area contributed by atoms with Crippen LogP contribution in [0, 0.1) is 0 Å². The van der Waals surface area contributed by atoms with E-state index < -0.39 is 7.26 Å². The normalized spacial score (nSPS) is 10.8. The number of benzene rings is 3. The Labute approximate surface area is 167 Å². The molecule has 0 aliphatic heterocycles. The van der Waals surface area contributed by atoms with Crippen molar-refractivity contribution in [3.05, 3.63) is 115 Å². The van der Waals surface area contributed by atoms with Crippen molar-refractivity contribution in [3.8, 4) is 0 Å². The lowest BCUT2D eigenvalue weighted by Gasteiger charge is -2.27. The Balaban J connectivity index is 0.00000210. The van der Waals surface area contributed by atoms with Gasteiger partial charge in [0.05, 0.1) is 0 Å². The van der Waals surface area contributed by atoms with Crippen LogP contribution in [-0.4, -0.2) is 10.2 Å². The Bertz CT molecular complexity index is 852. The molecule has 0 amide bonds. The maximum Gasteiger partial charge on any atom is 0.118 e. The zero-order valence-electron chi connectivity index (χ0n) is 14.8. The maximum atomic E-state index is 4.42. The molecule has 1 aromatic heterocycles. The molecule has 0 fully saturated rings. The molecular formula is C23H21ClN2P+. The summed E-state index contributed by atoms with van der Waals surface area (Å²) in [5.41, 5.74) is 1.03. The number of nitrogens with zero attached hydrogens (tertiary/aromatic N) is 2. The van der Waals surface area contributed by atoms with E-state index in [2.05, 4.69) is 107 Å². The van der Waals surface area contributed by atoms with E-state index in [9.17, 15) is 0 Å². The van der Waals surface area contributed by atoms with E-state index in [0.717, 1.165) is 11.9 Å². The standard InChI is InChI=1S/C23H20N2P.ClH/c1-4-12-21(13-5-1)26(22-14-6-2-7-15-22,23-16-8-3-9-17-23)19-20-11-10-18-24-25-20;/h1-18H,19H2;1H/q+1;. The zero-order valence-corrected chi connectivity index (χ0v) is 16.6. The van der Waals surface area contributed by atoms with Crippen LogP contribution in [0.25, 0.3) is 0 Å². The molecule has 0 aliphatic carbocycles. The van der Waals surface area contributed by atoms with Crippen LogP contribution in [0.2, 0.25) is 0 Å². The molecule has 2 nitrogen and oxygen atoms in total. The Morgan fingerprint density at radius 2 is 1.00 bits per heavy atom. The minimum atomic E-state index is -1.88. The average Bonchev–Trinajstić information content (AvgIpc) is 2.75. The summed E-state index contributed by atoms with van der Waals surface area (Å²) in [7, 11) is -1.88. The van der Waals surface area contributed by atoms with Crippen LogP contribution in [0.4, 0.5) is 0 Å². The number of hydrogen-bond donors (Lipinski definition) is 0. The van der Waals surface area contributed by atoms with Gasteiger partial charge < -0.3 is 0 Å². The second-order valence-corrected chi connectivity index (χ2v) is 9.67. The minimum Gasteiger partial charge on any atom is -0.159 e. The van der Waals surface area contributed by atoms with Crippen molar-refractivity contribution in [1.82, 2.24) is 10.2 Å². The van der Waals surface area contributed by atoms with E-state index >= 15 is 0 Å². The molecule has 4 aromatic rings. The molecule has 0 unspecified atom stereocenters. The zero-order chi connectivity index (χ0) is 17.7. The quantitative estimate of drug-likeness (QED) is 0.471. The number of halogens is 1. The van der Waals surface area contributed by atoms with Crippen molar-refractivity contribution in [1.29, 1.82) is 0 Å². The van der Waals surface area contributed by atoms with E-state index in [4.69, 9.17) is 0 Å². The highest BCUT2D eigenvalue weighted by molar-refractivity contribution is 7.95. The van der Waals surface area contributed by atoms with Crippen molar-refractivity contribution in [2.45, 2.75) is 6.16 Å². The number of rotatable bonds is 5. The topological polar surface area (TPSA) is 25.8 Å². The molecule has 0 bridgehead atoms. The van der Waals surface area contributed by atoms with Gasteiger partial charge in [0.15, 0.2) is 0 Å². The summed E-state index contributed by atoms with van der Waals surface area (Å²) in [5, 5.41) is 12.6. The first kappa shape index (κ1) is 19.2. The van der Waals surface area contributed by atoms with Gasteiger partial charge in [-0.3, -0.25) is 0 Å². The second-order valence-electron chi connectivity index (χ2n) is 6.19. The second kappa shape index (κ2) is 8.90. The van der Waals surface area contributed by atoms with Gasteiger partial charge in [-0.25, -0.2) is 0 Å². The van der Waals surface area contributed by atoms with E-state index in [1.54, 1.807) is 6.20 Å². The van der Waals surface area contributed by atoms with Crippen LogP contribution in [0.3, 0.4) is 0 Å². The summed E-state index contributed by atoms with van der Waals surface area (Å²) >= 11 is 0. The summed E-state index contributed by atoms with van der Waals surface area (Å²) < 4.78 is 0. The van der Waals surface area contributed by atoms with Gasteiger partial charge in [-0.1, -0.05) is 54.6 Å². The minimum absolute atomic E-state index is 0. The summed E-state index contributed by atoms with van der Waals surface area (Å²) in [6, 6.07) is 36.6.